The summed E-state index contributed by atoms with van der Waals surface area (Å²) in [6.45, 7) is 3.63. The molecule has 26 heavy (non-hydrogen) atoms. The Bertz CT molecular complexity index is 867. The third-order valence-corrected chi connectivity index (χ3v) is 3.85. The highest BCUT2D eigenvalue weighted by molar-refractivity contribution is 6.07. The van der Waals surface area contributed by atoms with Crippen LogP contribution in [0.3, 0.4) is 0 Å². The van der Waals surface area contributed by atoms with Crippen LogP contribution in [0.15, 0.2) is 30.3 Å². The van der Waals surface area contributed by atoms with Crippen molar-refractivity contribution in [1.29, 1.82) is 0 Å². The molecule has 0 aliphatic carbocycles. The molecule has 5 nitrogen and oxygen atoms in total. The second kappa shape index (κ2) is 7.55. The Labute approximate surface area is 147 Å². The van der Waals surface area contributed by atoms with Crippen LogP contribution in [0.5, 0.6) is 0 Å². The van der Waals surface area contributed by atoms with Crippen molar-refractivity contribution in [3.8, 4) is 0 Å². The minimum absolute atomic E-state index is 0.0651. The number of carboxylic acid groups (broad SMARTS) is 1. The Morgan fingerprint density at radius 1 is 1.27 bits per heavy atom. The van der Waals surface area contributed by atoms with E-state index in [0.29, 0.717) is 17.0 Å². The fourth-order valence-electron chi connectivity index (χ4n) is 2.48. The summed E-state index contributed by atoms with van der Waals surface area (Å²) < 4.78 is 39.7. The van der Waals surface area contributed by atoms with E-state index in [9.17, 15) is 22.8 Å². The van der Waals surface area contributed by atoms with Gasteiger partial charge in [-0.05, 0) is 38.1 Å². The number of aromatic nitrogens is 2. The van der Waals surface area contributed by atoms with Crippen LogP contribution in [-0.4, -0.2) is 26.6 Å². The van der Waals surface area contributed by atoms with Crippen LogP contribution in [0, 0.1) is 13.8 Å². The number of aliphatic carboxylic acids is 1. The van der Waals surface area contributed by atoms with Crippen LogP contribution in [0.1, 0.15) is 39.3 Å². The van der Waals surface area contributed by atoms with Crippen molar-refractivity contribution in [2.75, 3.05) is 0 Å². The zero-order valence-corrected chi connectivity index (χ0v) is 14.2. The van der Waals surface area contributed by atoms with Gasteiger partial charge in [-0.25, -0.2) is 0 Å². The summed E-state index contributed by atoms with van der Waals surface area (Å²) in [5.74, 6) is -1.51. The molecule has 1 aromatic carbocycles. The number of ketones is 1. The first kappa shape index (κ1) is 19.4. The van der Waals surface area contributed by atoms with Crippen molar-refractivity contribution in [2.24, 2.45) is 0 Å². The summed E-state index contributed by atoms with van der Waals surface area (Å²) in [7, 11) is 0. The molecule has 8 heteroatoms. The standard InChI is InChI=1S/C18H17F3N2O3/c1-11-15(12(2)23(22-11)9-8-17(25)26)6-7-16(24)13-4-3-5-14(10-13)18(19,20)21/h3-7,10H,8-9H2,1-2H3,(H,25,26)/b7-6+. The number of rotatable bonds is 6. The van der Waals surface area contributed by atoms with Crippen molar-refractivity contribution in [1.82, 2.24) is 9.78 Å². The third kappa shape index (κ3) is 4.59. The number of aryl methyl sites for hydroxylation is 2. The second-order valence-corrected chi connectivity index (χ2v) is 5.73. The van der Waals surface area contributed by atoms with E-state index in [1.54, 1.807) is 13.8 Å². The number of carboxylic acids is 1. The number of hydrogen-bond donors (Lipinski definition) is 1. The average molecular weight is 366 g/mol. The Kier molecular flexibility index (Phi) is 5.64. The minimum Gasteiger partial charge on any atom is -0.481 e. The van der Waals surface area contributed by atoms with Gasteiger partial charge in [0.25, 0.3) is 0 Å². The van der Waals surface area contributed by atoms with Crippen LogP contribution in [0.25, 0.3) is 6.08 Å². The van der Waals surface area contributed by atoms with Gasteiger partial charge in [0.2, 0.25) is 0 Å². The highest BCUT2D eigenvalue weighted by Gasteiger charge is 2.30. The highest BCUT2D eigenvalue weighted by Crippen LogP contribution is 2.29. The molecule has 0 aliphatic heterocycles. The van der Waals surface area contributed by atoms with Gasteiger partial charge in [-0.1, -0.05) is 12.1 Å². The molecule has 1 heterocycles. The van der Waals surface area contributed by atoms with Gasteiger partial charge in [-0.3, -0.25) is 14.3 Å². The largest absolute Gasteiger partial charge is 0.481 e. The predicted molar refractivity (Wildman–Crippen MR) is 88.8 cm³/mol. The van der Waals surface area contributed by atoms with Gasteiger partial charge in [0.1, 0.15) is 0 Å². The van der Waals surface area contributed by atoms with Gasteiger partial charge in [-0.15, -0.1) is 0 Å². The molecule has 0 fully saturated rings. The van der Waals surface area contributed by atoms with Crippen molar-refractivity contribution < 1.29 is 27.9 Å². The van der Waals surface area contributed by atoms with Crippen LogP contribution in [0.4, 0.5) is 13.2 Å². The van der Waals surface area contributed by atoms with Crippen molar-refractivity contribution >= 4 is 17.8 Å². The normalized spacial score (nSPS) is 11.9. The number of nitrogens with zero attached hydrogens (tertiary/aromatic N) is 2. The summed E-state index contributed by atoms with van der Waals surface area (Å²) in [6, 6.07) is 4.21. The SMILES string of the molecule is Cc1nn(CCC(=O)O)c(C)c1/C=C/C(=O)c1cccc(C(F)(F)F)c1. The van der Waals surface area contributed by atoms with Gasteiger partial charge in [0, 0.05) is 16.8 Å². The van der Waals surface area contributed by atoms with Crippen molar-refractivity contribution in [3.63, 3.8) is 0 Å². The number of carbonyl (C=O) groups is 2. The summed E-state index contributed by atoms with van der Waals surface area (Å²) in [6.07, 6.45) is -1.93. The van der Waals surface area contributed by atoms with Gasteiger partial charge in [-0.2, -0.15) is 18.3 Å². The smallest absolute Gasteiger partial charge is 0.416 e. The second-order valence-electron chi connectivity index (χ2n) is 5.73. The summed E-state index contributed by atoms with van der Waals surface area (Å²) >= 11 is 0. The zero-order valence-electron chi connectivity index (χ0n) is 14.2. The van der Waals surface area contributed by atoms with E-state index in [-0.39, 0.29) is 18.5 Å². The first-order valence-electron chi connectivity index (χ1n) is 7.75. The van der Waals surface area contributed by atoms with Gasteiger partial charge < -0.3 is 5.11 Å². The molecule has 0 bridgehead atoms. The molecule has 0 atom stereocenters. The molecule has 138 valence electrons. The number of carbonyl (C=O) groups excluding carboxylic acids is 1. The Hall–Kier alpha value is -2.90. The molecule has 0 spiro atoms. The summed E-state index contributed by atoms with van der Waals surface area (Å²) in [5, 5.41) is 13.0. The maximum atomic E-state index is 12.7. The Balaban J connectivity index is 2.22. The molecule has 0 saturated carbocycles. The number of benzene rings is 1. The lowest BCUT2D eigenvalue weighted by atomic mass is 10.1. The molecule has 0 unspecified atom stereocenters. The van der Waals surface area contributed by atoms with E-state index in [2.05, 4.69) is 5.10 Å². The number of halogens is 3. The van der Waals surface area contributed by atoms with E-state index in [1.807, 2.05) is 0 Å². The molecular formula is C18H17F3N2O3. The quantitative estimate of drug-likeness (QED) is 0.622. The fourth-order valence-corrected chi connectivity index (χ4v) is 2.48. The molecule has 2 rings (SSSR count). The van der Waals surface area contributed by atoms with E-state index in [4.69, 9.17) is 5.11 Å². The van der Waals surface area contributed by atoms with Crippen LogP contribution < -0.4 is 0 Å². The predicted octanol–water partition coefficient (Wildman–Crippen LogP) is 3.89. The molecule has 1 N–H and O–H groups in total. The first-order valence-corrected chi connectivity index (χ1v) is 7.75. The first-order chi connectivity index (χ1) is 12.1. The van der Waals surface area contributed by atoms with Gasteiger partial charge in [0.05, 0.1) is 24.2 Å². The van der Waals surface area contributed by atoms with Crippen molar-refractivity contribution in [3.05, 3.63) is 58.4 Å². The van der Waals surface area contributed by atoms with E-state index < -0.39 is 23.5 Å². The Morgan fingerprint density at radius 3 is 2.58 bits per heavy atom. The van der Waals surface area contributed by atoms with Crippen LogP contribution in [0.2, 0.25) is 0 Å². The molecule has 1 aromatic heterocycles. The Morgan fingerprint density at radius 2 is 1.96 bits per heavy atom. The maximum absolute atomic E-state index is 12.7. The molecular weight excluding hydrogens is 349 g/mol. The molecule has 0 amide bonds. The molecule has 0 aliphatic rings. The third-order valence-electron chi connectivity index (χ3n) is 3.85. The summed E-state index contributed by atoms with van der Waals surface area (Å²) in [4.78, 5) is 22.8. The van der Waals surface area contributed by atoms with Gasteiger partial charge >= 0.3 is 12.1 Å². The van der Waals surface area contributed by atoms with E-state index in [0.717, 1.165) is 12.1 Å². The van der Waals surface area contributed by atoms with Gasteiger partial charge in [0.15, 0.2) is 5.78 Å². The topological polar surface area (TPSA) is 72.2 Å². The average Bonchev–Trinajstić information content (AvgIpc) is 2.84. The lowest BCUT2D eigenvalue weighted by Gasteiger charge is -2.07. The molecule has 0 radical (unpaired) electrons. The lowest BCUT2D eigenvalue weighted by Crippen LogP contribution is -2.07. The zero-order chi connectivity index (χ0) is 19.5. The monoisotopic (exact) mass is 366 g/mol. The van der Waals surface area contributed by atoms with Crippen LogP contribution in [-0.2, 0) is 17.5 Å². The van der Waals surface area contributed by atoms with Crippen LogP contribution >= 0.6 is 0 Å². The van der Waals surface area contributed by atoms with Crippen molar-refractivity contribution in [2.45, 2.75) is 33.0 Å². The lowest BCUT2D eigenvalue weighted by molar-refractivity contribution is -0.138. The highest BCUT2D eigenvalue weighted by atomic mass is 19.4. The van der Waals surface area contributed by atoms with E-state index in [1.165, 1.54) is 29.0 Å². The number of alkyl halides is 3. The minimum atomic E-state index is -4.52. The molecule has 0 saturated heterocycles. The number of allylic oxidation sites excluding steroid dienone is 1. The summed E-state index contributed by atoms with van der Waals surface area (Å²) in [5.41, 5.74) is 0.962. The molecule has 2 aromatic rings. The fraction of sp³-hybridized carbons (Fsp3) is 0.278. The maximum Gasteiger partial charge on any atom is 0.416 e. The van der Waals surface area contributed by atoms with E-state index >= 15 is 0 Å². The number of hydrogen-bond acceptors (Lipinski definition) is 3.